The van der Waals surface area contributed by atoms with Crippen LogP contribution in [-0.4, -0.2) is 21.0 Å². The molecule has 1 heterocycles. The lowest BCUT2D eigenvalue weighted by atomic mass is 10.1. The van der Waals surface area contributed by atoms with E-state index in [1.54, 1.807) is 18.2 Å². The van der Waals surface area contributed by atoms with E-state index in [4.69, 9.17) is 0 Å². The van der Waals surface area contributed by atoms with Gasteiger partial charge in [-0.1, -0.05) is 47.4 Å². The fraction of sp³-hybridized carbons (Fsp3) is 0.118. The Kier molecular flexibility index (Phi) is 5.77. The van der Waals surface area contributed by atoms with Crippen LogP contribution in [0.4, 0.5) is 15.2 Å². The first-order chi connectivity index (χ1) is 13.0. The van der Waals surface area contributed by atoms with Crippen LogP contribution in [0.5, 0.6) is 0 Å². The highest BCUT2D eigenvalue weighted by Crippen LogP contribution is 2.29. The summed E-state index contributed by atoms with van der Waals surface area (Å²) < 4.78 is 14.2. The quantitative estimate of drug-likeness (QED) is 0.282. The van der Waals surface area contributed by atoms with Gasteiger partial charge in [0.25, 0.3) is 11.6 Å². The average Bonchev–Trinajstić information content (AvgIpc) is 3.08. The predicted molar refractivity (Wildman–Crippen MR) is 102 cm³/mol. The summed E-state index contributed by atoms with van der Waals surface area (Å²) in [6, 6.07) is 10.8. The molecule has 27 heavy (non-hydrogen) atoms. The number of anilines is 1. The molecule has 0 radical (unpaired) electrons. The lowest BCUT2D eigenvalue weighted by molar-refractivity contribution is -0.385. The summed E-state index contributed by atoms with van der Waals surface area (Å²) in [4.78, 5) is 22.9. The second-order valence-electron chi connectivity index (χ2n) is 5.41. The maximum atomic E-state index is 13.6. The molecule has 138 valence electrons. The Labute approximate surface area is 161 Å². The third-order valence-electron chi connectivity index (χ3n) is 3.68. The molecule has 0 spiro atoms. The van der Waals surface area contributed by atoms with Crippen LogP contribution >= 0.6 is 23.1 Å². The maximum absolute atomic E-state index is 13.6. The third kappa shape index (κ3) is 4.47. The number of benzene rings is 2. The second kappa shape index (κ2) is 8.23. The number of nitro groups is 1. The Morgan fingerprint density at radius 2 is 2.04 bits per heavy atom. The van der Waals surface area contributed by atoms with E-state index in [1.807, 2.05) is 0 Å². The second-order valence-corrected chi connectivity index (χ2v) is 7.61. The molecular formula is C17H13FN4O3S2. The number of nitrogens with zero attached hydrogens (tertiary/aromatic N) is 3. The number of thioether (sulfide) groups is 1. The van der Waals surface area contributed by atoms with Crippen LogP contribution in [0.3, 0.4) is 0 Å². The largest absolute Gasteiger partial charge is 0.296 e. The normalized spacial score (nSPS) is 10.6. The van der Waals surface area contributed by atoms with Crippen molar-refractivity contribution in [3.8, 4) is 0 Å². The molecule has 10 heteroatoms. The van der Waals surface area contributed by atoms with Crippen molar-refractivity contribution in [3.05, 3.63) is 75.1 Å². The lowest BCUT2D eigenvalue weighted by Crippen LogP contribution is -2.14. The molecule has 0 fully saturated rings. The zero-order chi connectivity index (χ0) is 19.4. The van der Waals surface area contributed by atoms with Crippen LogP contribution < -0.4 is 5.32 Å². The number of amides is 1. The average molecular weight is 404 g/mol. The first-order valence-electron chi connectivity index (χ1n) is 7.71. The summed E-state index contributed by atoms with van der Waals surface area (Å²) in [6.45, 7) is 1.52. The predicted octanol–water partition coefficient (Wildman–Crippen LogP) is 4.44. The van der Waals surface area contributed by atoms with Gasteiger partial charge in [0.05, 0.1) is 4.92 Å². The minimum Gasteiger partial charge on any atom is -0.296 e. The van der Waals surface area contributed by atoms with E-state index >= 15 is 0 Å². The highest BCUT2D eigenvalue weighted by molar-refractivity contribution is 8.00. The monoisotopic (exact) mass is 404 g/mol. The van der Waals surface area contributed by atoms with Crippen LogP contribution in [0.15, 0.2) is 46.8 Å². The summed E-state index contributed by atoms with van der Waals surface area (Å²) in [5, 5.41) is 21.7. The molecule has 3 rings (SSSR count). The molecule has 0 aliphatic carbocycles. The minimum absolute atomic E-state index is 0.124. The number of rotatable bonds is 6. The Morgan fingerprint density at radius 1 is 1.26 bits per heavy atom. The highest BCUT2D eigenvalue weighted by Gasteiger charge is 2.19. The standard InChI is InChI=1S/C17H13FN4O3S2/c1-10-12(6-4-8-14(10)22(24)25)15(23)19-16-20-21-17(27-16)26-9-11-5-2-3-7-13(11)18/h2-8H,9H2,1H3,(H,19,20,23). The number of hydrogen-bond acceptors (Lipinski definition) is 7. The molecule has 0 aliphatic heterocycles. The first-order valence-corrected chi connectivity index (χ1v) is 9.51. The van der Waals surface area contributed by atoms with Gasteiger partial charge < -0.3 is 0 Å². The van der Waals surface area contributed by atoms with Gasteiger partial charge in [-0.15, -0.1) is 10.2 Å². The van der Waals surface area contributed by atoms with Crippen molar-refractivity contribution in [2.45, 2.75) is 17.0 Å². The van der Waals surface area contributed by atoms with Gasteiger partial charge in [0.2, 0.25) is 5.13 Å². The van der Waals surface area contributed by atoms with E-state index in [0.717, 1.165) is 11.3 Å². The van der Waals surface area contributed by atoms with Gasteiger partial charge in [0.1, 0.15) is 5.82 Å². The summed E-state index contributed by atoms with van der Waals surface area (Å²) in [5.74, 6) is -0.402. The first kappa shape index (κ1) is 18.9. The van der Waals surface area contributed by atoms with E-state index < -0.39 is 10.8 Å². The topological polar surface area (TPSA) is 98.0 Å². The smallest absolute Gasteiger partial charge is 0.273 e. The van der Waals surface area contributed by atoms with Crippen LogP contribution in [0.2, 0.25) is 0 Å². The van der Waals surface area contributed by atoms with Gasteiger partial charge in [-0.2, -0.15) is 0 Å². The minimum atomic E-state index is -0.533. The summed E-state index contributed by atoms with van der Waals surface area (Å²) >= 11 is 2.46. The molecule has 0 aliphatic rings. The number of aromatic nitrogens is 2. The zero-order valence-electron chi connectivity index (χ0n) is 14.0. The van der Waals surface area contributed by atoms with E-state index in [-0.39, 0.29) is 27.8 Å². The number of halogens is 1. The van der Waals surface area contributed by atoms with E-state index in [9.17, 15) is 19.3 Å². The van der Waals surface area contributed by atoms with Crippen molar-refractivity contribution in [3.63, 3.8) is 0 Å². The van der Waals surface area contributed by atoms with E-state index in [1.165, 1.54) is 43.0 Å². The van der Waals surface area contributed by atoms with Crippen LogP contribution in [-0.2, 0) is 5.75 Å². The Morgan fingerprint density at radius 3 is 2.78 bits per heavy atom. The van der Waals surface area contributed by atoms with Crippen LogP contribution in [0, 0.1) is 22.9 Å². The van der Waals surface area contributed by atoms with E-state index in [2.05, 4.69) is 15.5 Å². The molecule has 0 unspecified atom stereocenters. The van der Waals surface area contributed by atoms with Crippen LogP contribution in [0.1, 0.15) is 21.5 Å². The molecular weight excluding hydrogens is 391 g/mol. The Hall–Kier alpha value is -2.85. The molecule has 1 N–H and O–H groups in total. The molecule has 0 saturated heterocycles. The fourth-order valence-corrected chi connectivity index (χ4v) is 4.04. The van der Waals surface area contributed by atoms with Gasteiger partial charge in [-0.3, -0.25) is 20.2 Å². The van der Waals surface area contributed by atoms with Gasteiger partial charge in [0.15, 0.2) is 4.34 Å². The number of carbonyl (C=O) groups excluding carboxylic acids is 1. The van der Waals surface area contributed by atoms with Crippen molar-refractivity contribution in [1.82, 2.24) is 10.2 Å². The fourth-order valence-electron chi connectivity index (χ4n) is 2.31. The van der Waals surface area contributed by atoms with E-state index in [0.29, 0.717) is 15.7 Å². The van der Waals surface area contributed by atoms with Gasteiger partial charge >= 0.3 is 0 Å². The zero-order valence-corrected chi connectivity index (χ0v) is 15.6. The van der Waals surface area contributed by atoms with Crippen molar-refractivity contribution in [2.75, 3.05) is 5.32 Å². The van der Waals surface area contributed by atoms with Gasteiger partial charge in [0, 0.05) is 22.9 Å². The number of hydrogen-bond donors (Lipinski definition) is 1. The Balaban J connectivity index is 1.67. The number of carbonyl (C=O) groups is 1. The SMILES string of the molecule is Cc1c(C(=O)Nc2nnc(SCc3ccccc3F)s2)cccc1[N+](=O)[O-]. The lowest BCUT2D eigenvalue weighted by Gasteiger charge is -2.05. The summed E-state index contributed by atoms with van der Waals surface area (Å²) in [5.41, 5.74) is 0.898. The van der Waals surface area contributed by atoms with Crippen molar-refractivity contribution >= 4 is 39.8 Å². The number of nitro benzene ring substituents is 1. The molecule has 1 amide bonds. The molecule has 0 atom stereocenters. The molecule has 1 aromatic heterocycles. The number of nitrogens with one attached hydrogen (secondary N) is 1. The molecule has 2 aromatic carbocycles. The van der Waals surface area contributed by atoms with Gasteiger partial charge in [-0.25, -0.2) is 4.39 Å². The molecule has 0 bridgehead atoms. The Bertz CT molecular complexity index is 1010. The molecule has 7 nitrogen and oxygen atoms in total. The highest BCUT2D eigenvalue weighted by atomic mass is 32.2. The van der Waals surface area contributed by atoms with Crippen molar-refractivity contribution < 1.29 is 14.1 Å². The molecule has 3 aromatic rings. The van der Waals surface area contributed by atoms with Crippen LogP contribution in [0.25, 0.3) is 0 Å². The summed E-state index contributed by atoms with van der Waals surface area (Å²) in [6.07, 6.45) is 0. The molecule has 0 saturated carbocycles. The summed E-state index contributed by atoms with van der Waals surface area (Å²) in [7, 11) is 0. The maximum Gasteiger partial charge on any atom is 0.273 e. The van der Waals surface area contributed by atoms with Crippen molar-refractivity contribution in [1.29, 1.82) is 0 Å². The van der Waals surface area contributed by atoms with Crippen molar-refractivity contribution in [2.24, 2.45) is 0 Å². The van der Waals surface area contributed by atoms with Gasteiger partial charge in [-0.05, 0) is 24.6 Å². The third-order valence-corrected chi connectivity index (χ3v) is 5.70.